The summed E-state index contributed by atoms with van der Waals surface area (Å²) in [5.41, 5.74) is 1.54. The summed E-state index contributed by atoms with van der Waals surface area (Å²) in [5.74, 6) is 1.49. The van der Waals surface area contributed by atoms with E-state index in [1.165, 1.54) is 29.0 Å². The van der Waals surface area contributed by atoms with Gasteiger partial charge in [0.15, 0.2) is 5.82 Å². The zero-order valence-electron chi connectivity index (χ0n) is 16.6. The number of aliphatic hydroxyl groups is 1. The summed E-state index contributed by atoms with van der Waals surface area (Å²) in [6.45, 7) is 3.80. The summed E-state index contributed by atoms with van der Waals surface area (Å²) in [6, 6.07) is 2.20. The molecule has 156 valence electrons. The van der Waals surface area contributed by atoms with E-state index in [1.807, 2.05) is 0 Å². The van der Waals surface area contributed by atoms with Crippen molar-refractivity contribution in [3.63, 3.8) is 0 Å². The van der Waals surface area contributed by atoms with Crippen LogP contribution in [0.4, 0.5) is 5.82 Å². The van der Waals surface area contributed by atoms with Gasteiger partial charge in [0, 0.05) is 45.2 Å². The molecule has 3 aliphatic rings. The zero-order chi connectivity index (χ0) is 19.8. The van der Waals surface area contributed by atoms with Crippen molar-refractivity contribution in [2.75, 3.05) is 50.4 Å². The van der Waals surface area contributed by atoms with Crippen molar-refractivity contribution in [3.8, 4) is 0 Å². The standard InChI is InChI=1S/C19H31N5O3S/c1-28(26,27)24-8-4-7-19(25,14-24)13-20-10-15-11-23(12-15)18-9-16-5-2-3-6-17(16)21-22-18/h9,15,20,25H,2-8,10-14H2,1H3. The highest BCUT2D eigenvalue weighted by Gasteiger charge is 2.37. The maximum atomic E-state index is 11.7. The molecule has 1 atom stereocenters. The number of nitrogens with zero attached hydrogens (tertiary/aromatic N) is 4. The first-order chi connectivity index (χ1) is 13.3. The Morgan fingerprint density at radius 2 is 2.04 bits per heavy atom. The van der Waals surface area contributed by atoms with Gasteiger partial charge < -0.3 is 15.3 Å². The molecule has 28 heavy (non-hydrogen) atoms. The molecule has 4 rings (SSSR count). The van der Waals surface area contributed by atoms with Gasteiger partial charge in [0.25, 0.3) is 0 Å². The Labute approximate surface area is 167 Å². The van der Waals surface area contributed by atoms with E-state index in [-0.39, 0.29) is 6.54 Å². The largest absolute Gasteiger partial charge is 0.387 e. The molecular weight excluding hydrogens is 378 g/mol. The number of hydrogen-bond acceptors (Lipinski definition) is 7. The molecule has 0 saturated carbocycles. The molecule has 0 aromatic carbocycles. The highest BCUT2D eigenvalue weighted by atomic mass is 32.2. The second-order valence-corrected chi connectivity index (χ2v) is 10.7. The molecule has 1 unspecified atom stereocenters. The third kappa shape index (κ3) is 4.48. The average molecular weight is 410 g/mol. The lowest BCUT2D eigenvalue weighted by atomic mass is 9.93. The van der Waals surface area contributed by atoms with E-state index in [1.54, 1.807) is 0 Å². The molecule has 1 aromatic rings. The monoisotopic (exact) mass is 409 g/mol. The van der Waals surface area contributed by atoms with Gasteiger partial charge in [0.2, 0.25) is 10.0 Å². The molecule has 1 aliphatic carbocycles. The lowest BCUT2D eigenvalue weighted by Crippen LogP contribution is -2.57. The molecule has 0 bridgehead atoms. The van der Waals surface area contributed by atoms with Gasteiger partial charge in [-0.15, -0.1) is 5.10 Å². The van der Waals surface area contributed by atoms with Crippen molar-refractivity contribution >= 4 is 15.8 Å². The first kappa shape index (κ1) is 20.0. The molecule has 8 nitrogen and oxygen atoms in total. The van der Waals surface area contributed by atoms with Crippen LogP contribution in [0.1, 0.15) is 36.9 Å². The van der Waals surface area contributed by atoms with Gasteiger partial charge in [-0.05, 0) is 50.2 Å². The lowest BCUT2D eigenvalue weighted by Gasteiger charge is -2.42. The Kier molecular flexibility index (Phi) is 5.61. The molecular formula is C19H31N5O3S. The molecule has 9 heteroatoms. The third-order valence-electron chi connectivity index (χ3n) is 6.21. The Bertz CT molecular complexity index is 812. The van der Waals surface area contributed by atoms with Crippen LogP contribution in [0.15, 0.2) is 6.07 Å². The first-order valence-electron chi connectivity index (χ1n) is 10.3. The van der Waals surface area contributed by atoms with Crippen LogP contribution >= 0.6 is 0 Å². The van der Waals surface area contributed by atoms with Crippen LogP contribution in [0.25, 0.3) is 0 Å². The van der Waals surface area contributed by atoms with Crippen LogP contribution in [0, 0.1) is 5.92 Å². The normalized spacial score (nSPS) is 26.7. The summed E-state index contributed by atoms with van der Waals surface area (Å²) in [5, 5.41) is 22.9. The zero-order valence-corrected chi connectivity index (χ0v) is 17.4. The predicted molar refractivity (Wildman–Crippen MR) is 108 cm³/mol. The minimum absolute atomic E-state index is 0.181. The van der Waals surface area contributed by atoms with Gasteiger partial charge in [-0.1, -0.05) is 0 Å². The molecule has 2 saturated heterocycles. The average Bonchev–Trinajstić information content (AvgIpc) is 2.62. The second-order valence-electron chi connectivity index (χ2n) is 8.71. The Morgan fingerprint density at radius 3 is 2.82 bits per heavy atom. The minimum atomic E-state index is -3.25. The molecule has 0 radical (unpaired) electrons. The Morgan fingerprint density at radius 1 is 1.25 bits per heavy atom. The summed E-state index contributed by atoms with van der Waals surface area (Å²) in [6.07, 6.45) is 7.15. The fourth-order valence-corrected chi connectivity index (χ4v) is 5.46. The van der Waals surface area contributed by atoms with E-state index >= 15 is 0 Å². The van der Waals surface area contributed by atoms with Crippen molar-refractivity contribution in [1.82, 2.24) is 19.8 Å². The molecule has 2 fully saturated rings. The van der Waals surface area contributed by atoms with Crippen LogP contribution in [0.2, 0.25) is 0 Å². The van der Waals surface area contributed by atoms with Crippen molar-refractivity contribution < 1.29 is 13.5 Å². The lowest BCUT2D eigenvalue weighted by molar-refractivity contribution is -0.00713. The SMILES string of the molecule is CS(=O)(=O)N1CCCC(O)(CNCC2CN(c3cc4c(nn3)CCCC4)C2)C1. The number of anilines is 1. The molecule has 0 spiro atoms. The van der Waals surface area contributed by atoms with Gasteiger partial charge >= 0.3 is 0 Å². The van der Waals surface area contributed by atoms with E-state index in [0.717, 1.165) is 44.0 Å². The summed E-state index contributed by atoms with van der Waals surface area (Å²) < 4.78 is 24.9. The number of hydrogen-bond donors (Lipinski definition) is 2. The van der Waals surface area contributed by atoms with Gasteiger partial charge in [-0.2, -0.15) is 9.40 Å². The quantitative estimate of drug-likeness (QED) is 0.691. The highest BCUT2D eigenvalue weighted by Crippen LogP contribution is 2.27. The number of rotatable bonds is 6. The van der Waals surface area contributed by atoms with Crippen molar-refractivity contribution in [2.45, 2.75) is 44.1 Å². The van der Waals surface area contributed by atoms with Gasteiger partial charge in [0.05, 0.1) is 17.6 Å². The number of nitrogens with one attached hydrogen (secondary N) is 1. The second kappa shape index (κ2) is 7.85. The molecule has 3 heterocycles. The minimum Gasteiger partial charge on any atom is -0.387 e. The van der Waals surface area contributed by atoms with Gasteiger partial charge in [0.1, 0.15) is 0 Å². The topological polar surface area (TPSA) is 98.7 Å². The van der Waals surface area contributed by atoms with E-state index in [0.29, 0.717) is 31.8 Å². The maximum absolute atomic E-state index is 11.7. The molecule has 2 aliphatic heterocycles. The fraction of sp³-hybridized carbons (Fsp3) is 0.789. The van der Waals surface area contributed by atoms with Crippen molar-refractivity contribution in [2.24, 2.45) is 5.92 Å². The van der Waals surface area contributed by atoms with E-state index in [4.69, 9.17) is 0 Å². The van der Waals surface area contributed by atoms with Crippen LogP contribution in [0.3, 0.4) is 0 Å². The smallest absolute Gasteiger partial charge is 0.211 e. The summed E-state index contributed by atoms with van der Waals surface area (Å²) in [4.78, 5) is 2.26. The first-order valence-corrected chi connectivity index (χ1v) is 12.2. The van der Waals surface area contributed by atoms with Crippen LogP contribution in [0.5, 0.6) is 0 Å². The number of fused-ring (bicyclic) bond motifs is 1. The summed E-state index contributed by atoms with van der Waals surface area (Å²) >= 11 is 0. The molecule has 0 amide bonds. The Hall–Kier alpha value is -1.29. The molecule has 2 N–H and O–H groups in total. The van der Waals surface area contributed by atoms with Crippen molar-refractivity contribution in [1.29, 1.82) is 0 Å². The number of β-amino-alcohol motifs (C(OH)–C–C–N with tert-alkyl or cyclic N) is 1. The Balaban J connectivity index is 1.22. The highest BCUT2D eigenvalue weighted by molar-refractivity contribution is 7.88. The van der Waals surface area contributed by atoms with E-state index in [2.05, 4.69) is 26.5 Å². The van der Waals surface area contributed by atoms with E-state index in [9.17, 15) is 13.5 Å². The summed E-state index contributed by atoms with van der Waals surface area (Å²) in [7, 11) is -3.25. The number of aromatic nitrogens is 2. The third-order valence-corrected chi connectivity index (χ3v) is 7.46. The van der Waals surface area contributed by atoms with Crippen molar-refractivity contribution in [3.05, 3.63) is 17.3 Å². The maximum Gasteiger partial charge on any atom is 0.211 e. The predicted octanol–water partition coefficient (Wildman–Crippen LogP) is 0.168. The van der Waals surface area contributed by atoms with Crippen LogP contribution < -0.4 is 10.2 Å². The van der Waals surface area contributed by atoms with Crippen LogP contribution in [-0.2, 0) is 22.9 Å². The van der Waals surface area contributed by atoms with Gasteiger partial charge in [-0.25, -0.2) is 8.42 Å². The van der Waals surface area contributed by atoms with Gasteiger partial charge in [-0.3, -0.25) is 0 Å². The fourth-order valence-electron chi connectivity index (χ4n) is 4.53. The number of sulfonamides is 1. The van der Waals surface area contributed by atoms with E-state index < -0.39 is 15.6 Å². The number of piperidine rings is 1. The number of aryl methyl sites for hydroxylation is 2. The molecule has 1 aromatic heterocycles. The van der Waals surface area contributed by atoms with Crippen LogP contribution in [-0.4, -0.2) is 79.2 Å².